The van der Waals surface area contributed by atoms with Crippen molar-refractivity contribution in [1.82, 2.24) is 4.98 Å². The summed E-state index contributed by atoms with van der Waals surface area (Å²) in [5.41, 5.74) is 2.69. The molecule has 6 nitrogen and oxygen atoms in total. The number of nitrogens with zero attached hydrogens (tertiary/aromatic N) is 2. The Hall–Kier alpha value is -1.66. The maximum atomic E-state index is 7.76. The molecule has 1 aliphatic carbocycles. The van der Waals surface area contributed by atoms with E-state index in [-0.39, 0.29) is 5.90 Å². The van der Waals surface area contributed by atoms with E-state index in [1.54, 1.807) is 0 Å². The molecule has 0 amide bonds. The molecular weight excluding hydrogens is 244 g/mol. The van der Waals surface area contributed by atoms with Crippen molar-refractivity contribution in [3.05, 3.63) is 23.5 Å². The molecule has 0 atom stereocenters. The third-order valence-corrected chi connectivity index (χ3v) is 3.62. The quantitative estimate of drug-likeness (QED) is 0.482. The molecule has 0 unspecified atom stereocenters. The van der Waals surface area contributed by atoms with Crippen molar-refractivity contribution >= 4 is 11.6 Å². The molecule has 2 heterocycles. The van der Waals surface area contributed by atoms with Gasteiger partial charge in [-0.3, -0.25) is 5.41 Å². The van der Waals surface area contributed by atoms with Crippen LogP contribution in [-0.4, -0.2) is 37.2 Å². The Morgan fingerprint density at radius 2 is 2.16 bits per heavy atom. The molecule has 1 saturated carbocycles. The number of nitrogens with two attached hydrogens (primary N) is 1. The number of rotatable bonds is 3. The zero-order valence-corrected chi connectivity index (χ0v) is 10.8. The Bertz CT molecular complexity index is 482. The van der Waals surface area contributed by atoms with E-state index in [2.05, 4.69) is 20.8 Å². The zero-order valence-electron chi connectivity index (χ0n) is 10.8. The van der Waals surface area contributed by atoms with Gasteiger partial charge in [0, 0.05) is 19.3 Å². The highest BCUT2D eigenvalue weighted by molar-refractivity contribution is 5.95. The summed E-state index contributed by atoms with van der Waals surface area (Å²) in [7, 11) is 0. The van der Waals surface area contributed by atoms with Crippen LogP contribution in [0.4, 0.5) is 5.69 Å². The van der Waals surface area contributed by atoms with Crippen LogP contribution in [0.15, 0.2) is 12.3 Å². The summed E-state index contributed by atoms with van der Waals surface area (Å²) >= 11 is 0. The number of ether oxygens (including phenoxy) is 1. The van der Waals surface area contributed by atoms with Gasteiger partial charge in [-0.1, -0.05) is 0 Å². The summed E-state index contributed by atoms with van der Waals surface area (Å²) in [6.45, 7) is 3.01. The van der Waals surface area contributed by atoms with Crippen molar-refractivity contribution in [2.75, 3.05) is 31.2 Å². The van der Waals surface area contributed by atoms with Crippen LogP contribution < -0.4 is 10.8 Å². The number of aromatic nitrogens is 1. The first kappa shape index (κ1) is 12.4. The minimum Gasteiger partial charge on any atom is -0.389 e. The monoisotopic (exact) mass is 262 g/mol. The summed E-state index contributed by atoms with van der Waals surface area (Å²) in [6.07, 6.45) is 4.30. The number of nitrogens with one attached hydrogen (secondary N) is 1. The number of hydrogen-bond donors (Lipinski definition) is 2. The maximum absolute atomic E-state index is 7.76. The molecule has 102 valence electrons. The Morgan fingerprint density at radius 1 is 1.42 bits per heavy atom. The molecule has 0 bridgehead atoms. The zero-order chi connectivity index (χ0) is 13.2. The molecule has 0 radical (unpaired) electrons. The van der Waals surface area contributed by atoms with Gasteiger partial charge >= 0.3 is 0 Å². The van der Waals surface area contributed by atoms with Gasteiger partial charge in [0.2, 0.25) is 0 Å². The Kier molecular flexibility index (Phi) is 3.35. The van der Waals surface area contributed by atoms with Crippen LogP contribution in [0.5, 0.6) is 0 Å². The second-order valence-electron chi connectivity index (χ2n) is 4.96. The van der Waals surface area contributed by atoms with E-state index in [1.807, 2.05) is 6.20 Å². The summed E-state index contributed by atoms with van der Waals surface area (Å²) in [5, 5.41) is 7.76. The second-order valence-corrected chi connectivity index (χ2v) is 4.96. The van der Waals surface area contributed by atoms with Crippen LogP contribution in [0.3, 0.4) is 0 Å². The minimum absolute atomic E-state index is 0.0937. The van der Waals surface area contributed by atoms with E-state index < -0.39 is 0 Å². The van der Waals surface area contributed by atoms with Crippen LogP contribution >= 0.6 is 0 Å². The van der Waals surface area contributed by atoms with Crippen molar-refractivity contribution in [2.45, 2.75) is 18.8 Å². The minimum atomic E-state index is -0.0937. The molecule has 0 aromatic carbocycles. The average molecular weight is 262 g/mol. The Balaban J connectivity index is 1.95. The highest BCUT2D eigenvalue weighted by Crippen LogP contribution is 2.41. The SMILES string of the molecule is N=C(ON)c1ncc(C2CC2)cc1N1CCOCC1. The topological polar surface area (TPSA) is 84.5 Å². The summed E-state index contributed by atoms with van der Waals surface area (Å²) < 4.78 is 5.37. The standard InChI is InChI=1S/C13H18N4O2/c14-13(19-15)12-11(17-3-5-18-6-4-17)7-10(8-16-12)9-1-2-9/h7-9,14H,1-6,15H2. The van der Waals surface area contributed by atoms with E-state index >= 15 is 0 Å². The lowest BCUT2D eigenvalue weighted by Gasteiger charge is -2.30. The van der Waals surface area contributed by atoms with Gasteiger partial charge in [-0.2, -0.15) is 5.90 Å². The van der Waals surface area contributed by atoms with Crippen LogP contribution in [0.1, 0.15) is 30.0 Å². The average Bonchev–Trinajstić information content (AvgIpc) is 3.31. The van der Waals surface area contributed by atoms with Gasteiger partial charge in [0.1, 0.15) is 5.69 Å². The molecule has 3 N–H and O–H groups in total. The van der Waals surface area contributed by atoms with Crippen molar-refractivity contribution in [1.29, 1.82) is 5.41 Å². The van der Waals surface area contributed by atoms with Gasteiger partial charge in [0.25, 0.3) is 5.90 Å². The lowest BCUT2D eigenvalue weighted by atomic mass is 10.1. The highest BCUT2D eigenvalue weighted by Gasteiger charge is 2.27. The lowest BCUT2D eigenvalue weighted by molar-refractivity contribution is 0.122. The van der Waals surface area contributed by atoms with Crippen LogP contribution in [0, 0.1) is 5.41 Å². The fraction of sp³-hybridized carbons (Fsp3) is 0.538. The van der Waals surface area contributed by atoms with Gasteiger partial charge < -0.3 is 14.5 Å². The first-order valence-electron chi connectivity index (χ1n) is 6.58. The van der Waals surface area contributed by atoms with E-state index in [9.17, 15) is 0 Å². The van der Waals surface area contributed by atoms with Crippen LogP contribution in [0.25, 0.3) is 0 Å². The molecule has 1 aromatic rings. The molecule has 6 heteroatoms. The number of pyridine rings is 1. The molecule has 2 aliphatic rings. The van der Waals surface area contributed by atoms with Gasteiger partial charge in [-0.25, -0.2) is 4.98 Å². The van der Waals surface area contributed by atoms with E-state index in [0.29, 0.717) is 24.8 Å². The highest BCUT2D eigenvalue weighted by atomic mass is 16.6. The Labute approximate surface area is 112 Å². The maximum Gasteiger partial charge on any atom is 0.258 e. The fourth-order valence-corrected chi connectivity index (χ4v) is 2.38. The molecule has 1 aliphatic heterocycles. The number of morpholine rings is 1. The van der Waals surface area contributed by atoms with Crippen molar-refractivity contribution in [3.8, 4) is 0 Å². The molecule has 19 heavy (non-hydrogen) atoms. The van der Waals surface area contributed by atoms with Gasteiger partial charge in [-0.05, 0) is 30.4 Å². The van der Waals surface area contributed by atoms with Gasteiger partial charge in [0.05, 0.1) is 18.9 Å². The van der Waals surface area contributed by atoms with E-state index in [4.69, 9.17) is 16.0 Å². The molecular formula is C13H18N4O2. The fourth-order valence-electron chi connectivity index (χ4n) is 2.38. The van der Waals surface area contributed by atoms with Gasteiger partial charge in [0.15, 0.2) is 0 Å². The molecule has 3 rings (SSSR count). The smallest absolute Gasteiger partial charge is 0.258 e. The van der Waals surface area contributed by atoms with Crippen LogP contribution in [-0.2, 0) is 9.57 Å². The normalized spacial score (nSPS) is 19.3. The first-order chi connectivity index (χ1) is 9.29. The summed E-state index contributed by atoms with van der Waals surface area (Å²) in [4.78, 5) is 11.1. The molecule has 0 spiro atoms. The van der Waals surface area contributed by atoms with Crippen molar-refractivity contribution < 1.29 is 9.57 Å². The van der Waals surface area contributed by atoms with Gasteiger partial charge in [-0.15, -0.1) is 0 Å². The predicted molar refractivity (Wildman–Crippen MR) is 71.3 cm³/mol. The summed E-state index contributed by atoms with van der Waals surface area (Å²) in [6, 6.07) is 2.12. The van der Waals surface area contributed by atoms with Crippen LogP contribution in [0.2, 0.25) is 0 Å². The lowest BCUT2D eigenvalue weighted by Crippen LogP contribution is -2.37. The third-order valence-electron chi connectivity index (χ3n) is 3.62. The van der Waals surface area contributed by atoms with E-state index in [1.165, 1.54) is 18.4 Å². The first-order valence-corrected chi connectivity index (χ1v) is 6.58. The molecule has 1 aromatic heterocycles. The molecule has 1 saturated heterocycles. The number of anilines is 1. The third kappa shape index (κ3) is 2.54. The largest absolute Gasteiger partial charge is 0.389 e. The Morgan fingerprint density at radius 3 is 2.79 bits per heavy atom. The molecule has 2 fully saturated rings. The van der Waals surface area contributed by atoms with E-state index in [0.717, 1.165) is 18.8 Å². The number of hydrogen-bond acceptors (Lipinski definition) is 6. The van der Waals surface area contributed by atoms with Crippen molar-refractivity contribution in [3.63, 3.8) is 0 Å². The van der Waals surface area contributed by atoms with Crippen molar-refractivity contribution in [2.24, 2.45) is 5.90 Å². The predicted octanol–water partition coefficient (Wildman–Crippen LogP) is 1.01. The second kappa shape index (κ2) is 5.14. The summed E-state index contributed by atoms with van der Waals surface area (Å²) in [5.74, 6) is 5.64.